The zero-order valence-corrected chi connectivity index (χ0v) is 14.1. The van der Waals surface area contributed by atoms with E-state index >= 15 is 0 Å². The maximum absolute atomic E-state index is 12.1. The summed E-state index contributed by atoms with van der Waals surface area (Å²) < 4.78 is 25.8. The number of benzene rings is 1. The number of likely N-dealkylation sites (N-methyl/N-ethyl adjacent to an activating group) is 1. The fraction of sp³-hybridized carbons (Fsp3) is 0.533. The maximum atomic E-state index is 12.1. The van der Waals surface area contributed by atoms with Gasteiger partial charge < -0.3 is 5.32 Å². The first kappa shape index (κ1) is 16.9. The fourth-order valence-electron chi connectivity index (χ4n) is 2.68. The molecule has 0 aromatic heterocycles. The van der Waals surface area contributed by atoms with E-state index in [-0.39, 0.29) is 17.7 Å². The quantitative estimate of drug-likeness (QED) is 0.884. The Morgan fingerprint density at radius 3 is 2.73 bits per heavy atom. The second-order valence-corrected chi connectivity index (χ2v) is 7.72. The van der Waals surface area contributed by atoms with Gasteiger partial charge in [0.2, 0.25) is 10.0 Å². The molecule has 0 radical (unpaired) electrons. The lowest BCUT2D eigenvalue weighted by Gasteiger charge is -2.39. The molecule has 0 saturated carbocycles. The first-order valence-electron chi connectivity index (χ1n) is 7.39. The summed E-state index contributed by atoms with van der Waals surface area (Å²) in [6.45, 7) is 3.27. The van der Waals surface area contributed by atoms with E-state index < -0.39 is 10.0 Å². The summed E-state index contributed by atoms with van der Waals surface area (Å²) in [6.07, 6.45) is 0. The van der Waals surface area contributed by atoms with Crippen LogP contribution in [0.5, 0.6) is 0 Å². The van der Waals surface area contributed by atoms with Gasteiger partial charge >= 0.3 is 0 Å². The van der Waals surface area contributed by atoms with Gasteiger partial charge in [-0.1, -0.05) is 12.1 Å². The Morgan fingerprint density at radius 1 is 1.36 bits per heavy atom. The number of sulfonamides is 1. The standard InChI is InChI=1S/C15H23N3O3S/c1-4-22(20,21)18-9-8-17(3)14(11-18)12-6-5-7-13(10-12)15(19)16-2/h5-7,10,14H,4,8-9,11H2,1-3H3,(H,16,19). The minimum absolute atomic E-state index is 0.0420. The summed E-state index contributed by atoms with van der Waals surface area (Å²) in [5.74, 6) is -0.0276. The van der Waals surface area contributed by atoms with Crippen molar-refractivity contribution in [2.24, 2.45) is 0 Å². The van der Waals surface area contributed by atoms with E-state index in [4.69, 9.17) is 0 Å². The summed E-state index contributed by atoms with van der Waals surface area (Å²) >= 11 is 0. The summed E-state index contributed by atoms with van der Waals surface area (Å²) in [5, 5.41) is 2.61. The number of nitrogens with one attached hydrogen (secondary N) is 1. The summed E-state index contributed by atoms with van der Waals surface area (Å²) in [5.41, 5.74) is 1.54. The molecule has 1 saturated heterocycles. The molecule has 22 heavy (non-hydrogen) atoms. The van der Waals surface area contributed by atoms with Gasteiger partial charge in [-0.2, -0.15) is 4.31 Å². The lowest BCUT2D eigenvalue weighted by atomic mass is 10.0. The van der Waals surface area contributed by atoms with Crippen LogP contribution >= 0.6 is 0 Å². The van der Waals surface area contributed by atoms with Crippen molar-refractivity contribution in [2.75, 3.05) is 39.5 Å². The SMILES string of the molecule is CCS(=O)(=O)N1CCN(C)C(c2cccc(C(=O)NC)c2)C1. The van der Waals surface area contributed by atoms with Crippen LogP contribution in [0.25, 0.3) is 0 Å². The van der Waals surface area contributed by atoms with Crippen molar-refractivity contribution in [3.8, 4) is 0 Å². The summed E-state index contributed by atoms with van der Waals surface area (Å²) in [6, 6.07) is 7.32. The third kappa shape index (κ3) is 3.48. The predicted octanol–water partition coefficient (Wildman–Crippen LogP) is 0.684. The summed E-state index contributed by atoms with van der Waals surface area (Å²) in [4.78, 5) is 13.9. The largest absolute Gasteiger partial charge is 0.355 e. The molecular weight excluding hydrogens is 302 g/mol. The van der Waals surface area contributed by atoms with Gasteiger partial charge in [0.1, 0.15) is 0 Å². The molecule has 0 bridgehead atoms. The number of piperazine rings is 1. The Balaban J connectivity index is 2.28. The highest BCUT2D eigenvalue weighted by atomic mass is 32.2. The van der Waals surface area contributed by atoms with Gasteiger partial charge in [0.15, 0.2) is 0 Å². The van der Waals surface area contributed by atoms with E-state index in [1.54, 1.807) is 24.3 Å². The van der Waals surface area contributed by atoms with Crippen LogP contribution in [-0.2, 0) is 10.0 Å². The van der Waals surface area contributed by atoms with Crippen molar-refractivity contribution < 1.29 is 13.2 Å². The zero-order valence-electron chi connectivity index (χ0n) is 13.2. The molecule has 1 aliphatic rings. The molecule has 1 amide bonds. The van der Waals surface area contributed by atoms with Crippen LogP contribution in [0.1, 0.15) is 28.9 Å². The number of hydrogen-bond donors (Lipinski definition) is 1. The number of carbonyl (C=O) groups excluding carboxylic acids is 1. The first-order valence-corrected chi connectivity index (χ1v) is 9.00. The molecule has 7 heteroatoms. The highest BCUT2D eigenvalue weighted by Crippen LogP contribution is 2.26. The lowest BCUT2D eigenvalue weighted by Crippen LogP contribution is -2.49. The van der Waals surface area contributed by atoms with Crippen LogP contribution in [0.4, 0.5) is 0 Å². The van der Waals surface area contributed by atoms with Crippen LogP contribution in [0.15, 0.2) is 24.3 Å². The predicted molar refractivity (Wildman–Crippen MR) is 86.2 cm³/mol. The smallest absolute Gasteiger partial charge is 0.251 e. The van der Waals surface area contributed by atoms with Crippen LogP contribution in [0.3, 0.4) is 0 Å². The van der Waals surface area contributed by atoms with Crippen LogP contribution in [0.2, 0.25) is 0 Å². The van der Waals surface area contributed by atoms with E-state index in [1.807, 2.05) is 25.2 Å². The highest BCUT2D eigenvalue weighted by Gasteiger charge is 2.31. The van der Waals surface area contributed by atoms with Gasteiger partial charge in [0, 0.05) is 38.3 Å². The van der Waals surface area contributed by atoms with E-state index in [2.05, 4.69) is 10.2 Å². The molecule has 1 aromatic carbocycles. The average molecular weight is 325 g/mol. The van der Waals surface area contributed by atoms with Crippen molar-refractivity contribution in [3.63, 3.8) is 0 Å². The molecule has 1 fully saturated rings. The Kier molecular flexibility index (Phi) is 5.20. The Morgan fingerprint density at radius 2 is 2.09 bits per heavy atom. The monoisotopic (exact) mass is 325 g/mol. The molecule has 122 valence electrons. The minimum atomic E-state index is -3.19. The van der Waals surface area contributed by atoms with E-state index in [1.165, 1.54) is 0 Å². The van der Waals surface area contributed by atoms with Crippen molar-refractivity contribution >= 4 is 15.9 Å². The van der Waals surface area contributed by atoms with Gasteiger partial charge in [0.25, 0.3) is 5.91 Å². The molecule has 1 N–H and O–H groups in total. The zero-order chi connectivity index (χ0) is 16.3. The Labute approximate surface area is 132 Å². The normalized spacial score (nSPS) is 20.8. The molecule has 1 aliphatic heterocycles. The molecule has 1 atom stereocenters. The Hall–Kier alpha value is -1.44. The number of rotatable bonds is 4. The first-order chi connectivity index (χ1) is 10.4. The van der Waals surface area contributed by atoms with Gasteiger partial charge in [-0.3, -0.25) is 9.69 Å². The maximum Gasteiger partial charge on any atom is 0.251 e. The Bertz CT molecular complexity index is 645. The fourth-order valence-corrected chi connectivity index (χ4v) is 3.77. The average Bonchev–Trinajstić information content (AvgIpc) is 2.54. The lowest BCUT2D eigenvalue weighted by molar-refractivity contribution is 0.0962. The molecule has 0 aliphatic carbocycles. The van der Waals surface area contributed by atoms with Crippen molar-refractivity contribution in [1.82, 2.24) is 14.5 Å². The minimum Gasteiger partial charge on any atom is -0.355 e. The third-order valence-corrected chi connectivity index (χ3v) is 5.98. The topological polar surface area (TPSA) is 69.7 Å². The van der Waals surface area contributed by atoms with Crippen molar-refractivity contribution in [1.29, 1.82) is 0 Å². The highest BCUT2D eigenvalue weighted by molar-refractivity contribution is 7.89. The second kappa shape index (κ2) is 6.76. The van der Waals surface area contributed by atoms with Gasteiger partial charge in [-0.15, -0.1) is 0 Å². The van der Waals surface area contributed by atoms with Crippen molar-refractivity contribution in [3.05, 3.63) is 35.4 Å². The van der Waals surface area contributed by atoms with Crippen LogP contribution < -0.4 is 5.32 Å². The third-order valence-electron chi connectivity index (χ3n) is 4.13. The van der Waals surface area contributed by atoms with Crippen molar-refractivity contribution in [2.45, 2.75) is 13.0 Å². The molecular formula is C15H23N3O3S. The molecule has 1 aromatic rings. The number of hydrogen-bond acceptors (Lipinski definition) is 4. The van der Waals surface area contributed by atoms with Gasteiger partial charge in [-0.25, -0.2) is 8.42 Å². The van der Waals surface area contributed by atoms with E-state index in [0.29, 0.717) is 25.2 Å². The second-order valence-electron chi connectivity index (χ2n) is 5.46. The van der Waals surface area contributed by atoms with Crippen LogP contribution in [0, 0.1) is 0 Å². The molecule has 2 rings (SSSR count). The molecule has 1 heterocycles. The molecule has 6 nitrogen and oxygen atoms in total. The summed E-state index contributed by atoms with van der Waals surface area (Å²) in [7, 11) is 0.385. The van der Waals surface area contributed by atoms with Crippen LogP contribution in [-0.4, -0.2) is 63.0 Å². The molecule has 1 unspecified atom stereocenters. The number of amides is 1. The molecule has 0 spiro atoms. The number of carbonyl (C=O) groups is 1. The van der Waals surface area contributed by atoms with E-state index in [0.717, 1.165) is 5.56 Å². The number of nitrogens with zero attached hydrogens (tertiary/aromatic N) is 2. The van der Waals surface area contributed by atoms with Gasteiger partial charge in [-0.05, 0) is 31.7 Å². The van der Waals surface area contributed by atoms with E-state index in [9.17, 15) is 13.2 Å². The van der Waals surface area contributed by atoms with Gasteiger partial charge in [0.05, 0.1) is 5.75 Å².